The molecule has 0 saturated carbocycles. The Balaban J connectivity index is 2.60. The number of nitrogens with zero attached hydrogens (tertiary/aromatic N) is 1. The molecule has 3 heteroatoms. The standard InChI is InChI=1S/C11H9Cl2N/c1-8-6-10(13)11(7-9(8)12)14-4-2-3-5-14/h2-7H,1H3. The number of rotatable bonds is 1. The Kier molecular flexibility index (Phi) is 2.53. The average molecular weight is 226 g/mol. The molecule has 2 aromatic rings. The van der Waals surface area contributed by atoms with Crippen molar-refractivity contribution in [2.45, 2.75) is 6.92 Å². The lowest BCUT2D eigenvalue weighted by Gasteiger charge is -2.08. The van der Waals surface area contributed by atoms with E-state index in [0.29, 0.717) is 5.02 Å². The zero-order valence-corrected chi connectivity index (χ0v) is 9.18. The average Bonchev–Trinajstić information content (AvgIpc) is 2.64. The van der Waals surface area contributed by atoms with Crippen LogP contribution in [0.1, 0.15) is 5.56 Å². The molecule has 0 aliphatic rings. The lowest BCUT2D eigenvalue weighted by molar-refractivity contribution is 1.08. The van der Waals surface area contributed by atoms with Crippen LogP contribution in [0.15, 0.2) is 36.7 Å². The summed E-state index contributed by atoms with van der Waals surface area (Å²) < 4.78 is 1.94. The summed E-state index contributed by atoms with van der Waals surface area (Å²) in [6.07, 6.45) is 3.87. The number of benzene rings is 1. The minimum atomic E-state index is 0.711. The SMILES string of the molecule is Cc1cc(Cl)c(-n2cccc2)cc1Cl. The Bertz CT molecular complexity index is 447. The van der Waals surface area contributed by atoms with Crippen LogP contribution >= 0.6 is 23.2 Å². The van der Waals surface area contributed by atoms with Crippen LogP contribution in [0.2, 0.25) is 10.0 Å². The first-order valence-electron chi connectivity index (χ1n) is 4.27. The summed E-state index contributed by atoms with van der Waals surface area (Å²) >= 11 is 12.1. The van der Waals surface area contributed by atoms with Crippen molar-refractivity contribution in [1.29, 1.82) is 0 Å². The monoisotopic (exact) mass is 225 g/mol. The van der Waals surface area contributed by atoms with Crippen LogP contribution in [0, 0.1) is 6.92 Å². The van der Waals surface area contributed by atoms with Crippen molar-refractivity contribution in [1.82, 2.24) is 4.57 Å². The van der Waals surface area contributed by atoms with E-state index >= 15 is 0 Å². The maximum Gasteiger partial charge on any atom is 0.0651 e. The van der Waals surface area contributed by atoms with Crippen LogP contribution in [-0.2, 0) is 0 Å². The zero-order valence-electron chi connectivity index (χ0n) is 7.67. The number of hydrogen-bond acceptors (Lipinski definition) is 0. The predicted molar refractivity (Wildman–Crippen MR) is 60.5 cm³/mol. The second-order valence-corrected chi connectivity index (χ2v) is 3.96. The van der Waals surface area contributed by atoms with E-state index in [2.05, 4.69) is 0 Å². The summed E-state index contributed by atoms with van der Waals surface area (Å²) in [5.41, 5.74) is 1.90. The second kappa shape index (κ2) is 3.68. The number of aromatic nitrogens is 1. The van der Waals surface area contributed by atoms with Gasteiger partial charge in [0.15, 0.2) is 0 Å². The van der Waals surface area contributed by atoms with Gasteiger partial charge in [0.05, 0.1) is 10.7 Å². The molecule has 1 aromatic carbocycles. The molecule has 0 saturated heterocycles. The summed E-state index contributed by atoms with van der Waals surface area (Å²) in [5, 5.41) is 1.45. The lowest BCUT2D eigenvalue weighted by Crippen LogP contribution is -1.91. The molecule has 0 aliphatic carbocycles. The van der Waals surface area contributed by atoms with E-state index in [1.807, 2.05) is 48.1 Å². The van der Waals surface area contributed by atoms with Crippen molar-refractivity contribution in [3.63, 3.8) is 0 Å². The molecule has 14 heavy (non-hydrogen) atoms. The molecule has 0 amide bonds. The van der Waals surface area contributed by atoms with Crippen LogP contribution < -0.4 is 0 Å². The van der Waals surface area contributed by atoms with Gasteiger partial charge in [0.2, 0.25) is 0 Å². The highest BCUT2D eigenvalue weighted by molar-refractivity contribution is 6.35. The molecule has 1 nitrogen and oxygen atoms in total. The van der Waals surface area contributed by atoms with Gasteiger partial charge in [-0.3, -0.25) is 0 Å². The van der Waals surface area contributed by atoms with Gasteiger partial charge in [0, 0.05) is 17.4 Å². The molecule has 1 heterocycles. The van der Waals surface area contributed by atoms with Gasteiger partial charge in [-0.1, -0.05) is 23.2 Å². The van der Waals surface area contributed by atoms with E-state index in [-0.39, 0.29) is 0 Å². The molecule has 0 unspecified atom stereocenters. The minimum Gasteiger partial charge on any atom is -0.322 e. The zero-order chi connectivity index (χ0) is 10.1. The van der Waals surface area contributed by atoms with Crippen LogP contribution in [0.3, 0.4) is 0 Å². The first-order chi connectivity index (χ1) is 6.68. The summed E-state index contributed by atoms with van der Waals surface area (Å²) in [7, 11) is 0. The van der Waals surface area contributed by atoms with E-state index in [9.17, 15) is 0 Å². The van der Waals surface area contributed by atoms with Gasteiger partial charge in [-0.05, 0) is 36.8 Å². The first-order valence-corrected chi connectivity index (χ1v) is 5.03. The van der Waals surface area contributed by atoms with Gasteiger partial charge in [-0.15, -0.1) is 0 Å². The molecular formula is C11H9Cl2N. The van der Waals surface area contributed by atoms with E-state index in [4.69, 9.17) is 23.2 Å². The van der Waals surface area contributed by atoms with Crippen molar-refractivity contribution >= 4 is 23.2 Å². The summed E-state index contributed by atoms with van der Waals surface area (Å²) in [6.45, 7) is 1.94. The Labute approximate surface area is 92.9 Å². The van der Waals surface area contributed by atoms with E-state index in [0.717, 1.165) is 16.3 Å². The lowest BCUT2D eigenvalue weighted by atomic mass is 10.2. The summed E-state index contributed by atoms with van der Waals surface area (Å²) in [4.78, 5) is 0. The van der Waals surface area contributed by atoms with Crippen molar-refractivity contribution in [2.24, 2.45) is 0 Å². The quantitative estimate of drug-likeness (QED) is 0.690. The molecule has 0 aliphatic heterocycles. The second-order valence-electron chi connectivity index (χ2n) is 3.14. The van der Waals surface area contributed by atoms with Crippen molar-refractivity contribution < 1.29 is 0 Å². The van der Waals surface area contributed by atoms with Crippen LogP contribution in [0.4, 0.5) is 0 Å². The fourth-order valence-corrected chi connectivity index (χ4v) is 1.80. The molecule has 0 bridgehead atoms. The van der Waals surface area contributed by atoms with Crippen molar-refractivity contribution in [3.05, 3.63) is 52.3 Å². The largest absolute Gasteiger partial charge is 0.322 e. The molecule has 0 radical (unpaired) electrons. The molecule has 0 N–H and O–H groups in total. The topological polar surface area (TPSA) is 4.93 Å². The van der Waals surface area contributed by atoms with Crippen LogP contribution in [0.25, 0.3) is 5.69 Å². The maximum absolute atomic E-state index is 6.11. The Hall–Kier alpha value is -0.920. The minimum absolute atomic E-state index is 0.711. The van der Waals surface area contributed by atoms with E-state index in [1.165, 1.54) is 0 Å². The van der Waals surface area contributed by atoms with Gasteiger partial charge in [-0.25, -0.2) is 0 Å². The smallest absolute Gasteiger partial charge is 0.0651 e. The van der Waals surface area contributed by atoms with Crippen molar-refractivity contribution in [2.75, 3.05) is 0 Å². The summed E-state index contributed by atoms with van der Waals surface area (Å²) in [5.74, 6) is 0. The Morgan fingerprint density at radius 2 is 1.64 bits per heavy atom. The molecule has 0 fully saturated rings. The number of halogens is 2. The third kappa shape index (κ3) is 1.66. The normalized spacial score (nSPS) is 10.5. The molecule has 72 valence electrons. The van der Waals surface area contributed by atoms with E-state index in [1.54, 1.807) is 0 Å². The van der Waals surface area contributed by atoms with Gasteiger partial charge < -0.3 is 4.57 Å². The molecule has 1 aromatic heterocycles. The fraction of sp³-hybridized carbons (Fsp3) is 0.0909. The van der Waals surface area contributed by atoms with Gasteiger partial charge in [-0.2, -0.15) is 0 Å². The fourth-order valence-electron chi connectivity index (χ4n) is 1.33. The number of aryl methyl sites for hydroxylation is 1. The van der Waals surface area contributed by atoms with Crippen LogP contribution in [-0.4, -0.2) is 4.57 Å². The van der Waals surface area contributed by atoms with Crippen molar-refractivity contribution in [3.8, 4) is 5.69 Å². The van der Waals surface area contributed by atoms with Gasteiger partial charge >= 0.3 is 0 Å². The third-order valence-corrected chi connectivity index (χ3v) is 2.82. The third-order valence-electron chi connectivity index (χ3n) is 2.11. The highest BCUT2D eigenvalue weighted by Gasteiger charge is 2.05. The van der Waals surface area contributed by atoms with Crippen LogP contribution in [0.5, 0.6) is 0 Å². The van der Waals surface area contributed by atoms with E-state index < -0.39 is 0 Å². The molecular weight excluding hydrogens is 217 g/mol. The highest BCUT2D eigenvalue weighted by Crippen LogP contribution is 2.27. The molecule has 2 rings (SSSR count). The molecule has 0 atom stereocenters. The Morgan fingerprint density at radius 3 is 2.29 bits per heavy atom. The maximum atomic E-state index is 6.11. The molecule has 0 spiro atoms. The first kappa shape index (κ1) is 9.63. The number of hydrogen-bond donors (Lipinski definition) is 0. The Morgan fingerprint density at radius 1 is 1.00 bits per heavy atom. The van der Waals surface area contributed by atoms with Gasteiger partial charge in [0.1, 0.15) is 0 Å². The summed E-state index contributed by atoms with van der Waals surface area (Å²) in [6, 6.07) is 7.65. The highest BCUT2D eigenvalue weighted by atomic mass is 35.5. The van der Waals surface area contributed by atoms with Gasteiger partial charge in [0.25, 0.3) is 0 Å². The predicted octanol–water partition coefficient (Wildman–Crippen LogP) is 4.09.